The standard InChI is InChI=1S/C23H17ClN2O5/c1-2-30-22(28)16-13-19(26-21(27)14-7-4-3-5-8-14)23(29)31-20(16)12-11-15-17(24)9-6-10-18(15)25/h3-13H,2H2,1H3,(H,26,27)/b12-11+. The molecule has 3 aromatic rings. The van der Waals surface area contributed by atoms with E-state index in [2.05, 4.69) is 5.32 Å². The van der Waals surface area contributed by atoms with Gasteiger partial charge in [0.1, 0.15) is 17.0 Å². The van der Waals surface area contributed by atoms with Gasteiger partial charge in [0, 0.05) is 11.1 Å². The molecular formula is C23H17ClN2O5. The molecule has 0 unspecified atom stereocenters. The van der Waals surface area contributed by atoms with Crippen LogP contribution in [0, 0.1) is 0 Å². The quantitative estimate of drug-likeness (QED) is 0.568. The van der Waals surface area contributed by atoms with Gasteiger partial charge in [-0.1, -0.05) is 35.9 Å². The number of rotatable bonds is 6. The van der Waals surface area contributed by atoms with E-state index in [1.54, 1.807) is 49.4 Å². The third-order valence-electron chi connectivity index (χ3n) is 4.19. The van der Waals surface area contributed by atoms with Crippen LogP contribution < -0.4 is 16.7 Å². The van der Waals surface area contributed by atoms with E-state index in [9.17, 15) is 20.1 Å². The second kappa shape index (κ2) is 9.77. The van der Waals surface area contributed by atoms with E-state index in [1.165, 1.54) is 24.3 Å². The molecule has 0 atom stereocenters. The van der Waals surface area contributed by atoms with Crippen molar-refractivity contribution in [3.05, 3.63) is 92.5 Å². The minimum Gasteiger partial charge on any atom is -0.462 e. The molecule has 0 aliphatic carbocycles. The number of hydrogen-bond acceptors (Lipinski definition) is 5. The van der Waals surface area contributed by atoms with Crippen LogP contribution >= 0.6 is 11.6 Å². The van der Waals surface area contributed by atoms with Gasteiger partial charge in [0.25, 0.3) is 5.91 Å². The van der Waals surface area contributed by atoms with Crippen molar-refractivity contribution in [1.82, 2.24) is 5.73 Å². The summed E-state index contributed by atoms with van der Waals surface area (Å²) >= 11 is 6.08. The van der Waals surface area contributed by atoms with Crippen LogP contribution in [0.1, 0.15) is 39.0 Å². The molecule has 3 rings (SSSR count). The van der Waals surface area contributed by atoms with Gasteiger partial charge in [-0.15, -0.1) is 5.73 Å². The van der Waals surface area contributed by atoms with Crippen molar-refractivity contribution in [3.63, 3.8) is 0 Å². The van der Waals surface area contributed by atoms with Gasteiger partial charge < -0.3 is 14.5 Å². The molecule has 1 aromatic heterocycles. The summed E-state index contributed by atoms with van der Waals surface area (Å²) < 4.78 is 10.3. The maximum Gasteiger partial charge on any atom is 0.360 e. The van der Waals surface area contributed by atoms with Crippen molar-refractivity contribution in [2.75, 3.05) is 11.9 Å². The zero-order valence-electron chi connectivity index (χ0n) is 16.4. The summed E-state index contributed by atoms with van der Waals surface area (Å²) in [6, 6.07) is 14.1. The maximum atomic E-state index is 12.4. The summed E-state index contributed by atoms with van der Waals surface area (Å²) in [6.45, 7) is 1.73. The fourth-order valence-electron chi connectivity index (χ4n) is 2.70. The highest BCUT2D eigenvalue weighted by Gasteiger charge is 2.19. The first-order valence-electron chi connectivity index (χ1n) is 9.28. The van der Waals surface area contributed by atoms with E-state index in [0.717, 1.165) is 0 Å². The van der Waals surface area contributed by atoms with Gasteiger partial charge in [0.05, 0.1) is 17.3 Å². The third-order valence-corrected chi connectivity index (χ3v) is 4.52. The van der Waals surface area contributed by atoms with E-state index in [-0.39, 0.29) is 39.9 Å². The molecule has 31 heavy (non-hydrogen) atoms. The SMILES string of the molecule is CCOC(=O)c1cc(NC(=O)c2ccccc2)c(=O)oc1/C=C/c1c([N])cccc1Cl. The number of anilines is 1. The lowest BCUT2D eigenvalue weighted by Crippen LogP contribution is -2.20. The van der Waals surface area contributed by atoms with E-state index in [4.69, 9.17) is 20.8 Å². The van der Waals surface area contributed by atoms with Gasteiger partial charge >= 0.3 is 11.6 Å². The first kappa shape index (κ1) is 21.9. The largest absolute Gasteiger partial charge is 0.462 e. The topological polar surface area (TPSA) is 108 Å². The monoisotopic (exact) mass is 436 g/mol. The molecule has 0 aliphatic rings. The van der Waals surface area contributed by atoms with Crippen LogP contribution in [0.5, 0.6) is 0 Å². The lowest BCUT2D eigenvalue weighted by Gasteiger charge is -2.09. The molecule has 1 N–H and O–H groups in total. The Morgan fingerprint density at radius 3 is 2.55 bits per heavy atom. The summed E-state index contributed by atoms with van der Waals surface area (Å²) in [5.74, 6) is -1.39. The van der Waals surface area contributed by atoms with Crippen molar-refractivity contribution in [2.24, 2.45) is 0 Å². The Bertz CT molecular complexity index is 1180. The van der Waals surface area contributed by atoms with Gasteiger partial charge in [-0.25, -0.2) is 9.59 Å². The predicted octanol–water partition coefficient (Wildman–Crippen LogP) is 4.59. The number of amides is 1. The van der Waals surface area contributed by atoms with Crippen LogP contribution in [0.15, 0.2) is 63.8 Å². The Kier molecular flexibility index (Phi) is 6.89. The average molecular weight is 437 g/mol. The number of esters is 1. The Morgan fingerprint density at radius 2 is 1.87 bits per heavy atom. The Morgan fingerprint density at radius 1 is 1.13 bits per heavy atom. The van der Waals surface area contributed by atoms with E-state index in [1.807, 2.05) is 0 Å². The predicted molar refractivity (Wildman–Crippen MR) is 118 cm³/mol. The number of hydrogen-bond donors (Lipinski definition) is 1. The molecule has 1 heterocycles. The second-order valence-electron chi connectivity index (χ2n) is 6.27. The molecule has 0 spiro atoms. The van der Waals surface area contributed by atoms with Gasteiger partial charge in [0.15, 0.2) is 0 Å². The molecule has 0 aliphatic heterocycles. The third kappa shape index (κ3) is 5.21. The first-order chi connectivity index (χ1) is 14.9. The summed E-state index contributed by atoms with van der Waals surface area (Å²) in [5, 5.41) is 2.71. The minimum atomic E-state index is -0.861. The lowest BCUT2D eigenvalue weighted by atomic mass is 10.1. The highest BCUT2D eigenvalue weighted by atomic mass is 35.5. The molecule has 1 amide bonds. The molecule has 156 valence electrons. The number of carbonyl (C=O) groups is 2. The van der Waals surface area contributed by atoms with Crippen molar-refractivity contribution in [1.29, 1.82) is 0 Å². The smallest absolute Gasteiger partial charge is 0.360 e. The van der Waals surface area contributed by atoms with Crippen molar-refractivity contribution in [2.45, 2.75) is 6.92 Å². The fourth-order valence-corrected chi connectivity index (χ4v) is 2.93. The van der Waals surface area contributed by atoms with E-state index >= 15 is 0 Å². The number of benzene rings is 2. The van der Waals surface area contributed by atoms with Gasteiger partial charge in [-0.2, -0.15) is 0 Å². The summed E-state index contributed by atoms with van der Waals surface area (Å²) in [4.78, 5) is 37.2. The van der Waals surface area contributed by atoms with Crippen LogP contribution in [0.2, 0.25) is 5.02 Å². The first-order valence-corrected chi connectivity index (χ1v) is 9.65. The summed E-state index contributed by atoms with van der Waals surface area (Å²) in [6.07, 6.45) is 2.72. The zero-order valence-corrected chi connectivity index (χ0v) is 17.2. The van der Waals surface area contributed by atoms with Gasteiger partial charge in [-0.3, -0.25) is 4.79 Å². The highest BCUT2D eigenvalue weighted by molar-refractivity contribution is 6.32. The molecule has 8 heteroatoms. The number of nitrogens with zero attached hydrogens (tertiary/aromatic N) is 1. The van der Waals surface area contributed by atoms with Crippen LogP contribution in [-0.4, -0.2) is 18.5 Å². The average Bonchev–Trinajstić information content (AvgIpc) is 2.75. The van der Waals surface area contributed by atoms with Crippen LogP contribution in [0.25, 0.3) is 12.2 Å². The molecular weight excluding hydrogens is 420 g/mol. The number of nitrogens with one attached hydrogen (secondary N) is 1. The second-order valence-corrected chi connectivity index (χ2v) is 6.68. The van der Waals surface area contributed by atoms with Gasteiger partial charge in [0.2, 0.25) is 0 Å². The fraction of sp³-hybridized carbons (Fsp3) is 0.0870. The molecule has 0 saturated heterocycles. The number of halogens is 1. The zero-order chi connectivity index (χ0) is 22.4. The van der Waals surface area contributed by atoms with Gasteiger partial charge in [-0.05, 0) is 49.4 Å². The lowest BCUT2D eigenvalue weighted by molar-refractivity contribution is 0.0522. The van der Waals surface area contributed by atoms with E-state index in [0.29, 0.717) is 5.56 Å². The van der Waals surface area contributed by atoms with Crippen LogP contribution in [0.3, 0.4) is 0 Å². The normalized spacial score (nSPS) is 10.8. The Hall–Kier alpha value is -3.84. The molecule has 7 nitrogen and oxygen atoms in total. The highest BCUT2D eigenvalue weighted by Crippen LogP contribution is 2.26. The van der Waals surface area contributed by atoms with E-state index < -0.39 is 17.5 Å². The molecule has 2 aromatic carbocycles. The van der Waals surface area contributed by atoms with Crippen molar-refractivity contribution in [3.8, 4) is 0 Å². The summed E-state index contributed by atoms with van der Waals surface area (Å²) in [7, 11) is 0. The maximum absolute atomic E-state index is 12.4. The molecule has 2 radical (unpaired) electrons. The Labute approximate surface area is 183 Å². The van der Waals surface area contributed by atoms with Crippen molar-refractivity contribution < 1.29 is 18.7 Å². The number of ether oxygens (including phenoxy) is 1. The molecule has 0 bridgehead atoms. The minimum absolute atomic E-state index is 0.0763. The van der Waals surface area contributed by atoms with Crippen LogP contribution in [-0.2, 0) is 4.74 Å². The Balaban J connectivity index is 2.01. The summed E-state index contributed by atoms with van der Waals surface area (Å²) in [5.41, 5.74) is 9.35. The van der Waals surface area contributed by atoms with Crippen LogP contribution in [0.4, 0.5) is 11.4 Å². The van der Waals surface area contributed by atoms with Crippen molar-refractivity contribution >= 4 is 47.0 Å². The molecule has 0 fully saturated rings. The number of carbonyl (C=O) groups excluding carboxylic acids is 2. The molecule has 0 saturated carbocycles.